The van der Waals surface area contributed by atoms with E-state index in [1.165, 1.54) is 0 Å². The Morgan fingerprint density at radius 2 is 1.00 bits per heavy atom. The van der Waals surface area contributed by atoms with Gasteiger partial charge in [0.15, 0.2) is 0 Å². The van der Waals surface area contributed by atoms with Crippen molar-refractivity contribution >= 4 is 6.15 Å². The summed E-state index contributed by atoms with van der Waals surface area (Å²) in [5.74, 6) is 0. The van der Waals surface area contributed by atoms with Crippen molar-refractivity contribution in [3.63, 3.8) is 0 Å². The number of rotatable bonds is 0. The van der Waals surface area contributed by atoms with Crippen LogP contribution in [0.4, 0.5) is 0 Å². The third-order valence-corrected chi connectivity index (χ3v) is 0. The first kappa shape index (κ1) is 60.1. The van der Waals surface area contributed by atoms with Crippen LogP contribution in [0.15, 0.2) is 0 Å². The maximum Gasteiger partial charge on any atom is 0.373 e. The van der Waals surface area contributed by atoms with Gasteiger partial charge in [-0.3, -0.25) is 0 Å². The molecule has 0 aromatic heterocycles. The van der Waals surface area contributed by atoms with Crippen LogP contribution in [0.3, 0.4) is 0 Å². The van der Waals surface area contributed by atoms with E-state index in [9.17, 15) is 0 Å². The van der Waals surface area contributed by atoms with Crippen molar-refractivity contribution < 1.29 is 15.1 Å². The molecule has 0 amide bonds. The Bertz CT molecular complexity index is 29.8. The zero-order valence-electron chi connectivity index (χ0n) is 3.23. The second-order valence-electron chi connectivity index (χ2n) is 0.0833. The van der Waals surface area contributed by atoms with Gasteiger partial charge in [0, 0.05) is 0 Å². The third-order valence-electron chi connectivity index (χ3n) is 0. The molecule has 0 unspecified atom stereocenters. The minimum Gasteiger partial charge on any atom is -0.412 e. The SMILES string of the molecule is N.N.O.O=C=O. The van der Waals surface area contributed by atoms with Gasteiger partial charge in [0.1, 0.15) is 0 Å². The Morgan fingerprint density at radius 1 is 1.00 bits per heavy atom. The summed E-state index contributed by atoms with van der Waals surface area (Å²) in [6.07, 6.45) is 0.250. The highest BCUT2D eigenvalue weighted by molar-refractivity contribution is 5.20. The van der Waals surface area contributed by atoms with E-state index < -0.39 is 0 Å². The van der Waals surface area contributed by atoms with Crippen LogP contribution in [0.1, 0.15) is 0 Å². The van der Waals surface area contributed by atoms with Gasteiger partial charge < -0.3 is 17.8 Å². The molecule has 0 bridgehead atoms. The van der Waals surface area contributed by atoms with E-state index in [0.717, 1.165) is 0 Å². The van der Waals surface area contributed by atoms with Gasteiger partial charge >= 0.3 is 6.15 Å². The summed E-state index contributed by atoms with van der Waals surface area (Å²) in [6, 6.07) is 0. The highest BCUT2D eigenvalue weighted by Crippen LogP contribution is 0.787. The Morgan fingerprint density at radius 3 is 1.00 bits per heavy atom. The summed E-state index contributed by atoms with van der Waals surface area (Å²) in [6.45, 7) is 0. The molecule has 0 heterocycles. The lowest BCUT2D eigenvalue weighted by Crippen LogP contribution is -1.22. The molecule has 6 heavy (non-hydrogen) atoms. The van der Waals surface area contributed by atoms with E-state index in [4.69, 9.17) is 9.59 Å². The smallest absolute Gasteiger partial charge is 0.373 e. The van der Waals surface area contributed by atoms with Crippen LogP contribution in [0, 0.1) is 0 Å². The van der Waals surface area contributed by atoms with E-state index >= 15 is 0 Å². The Labute approximate surface area is 34.8 Å². The molecular formula is CH8N2O3. The molecule has 0 aromatic carbocycles. The number of hydrogen-bond donors (Lipinski definition) is 2. The fourth-order valence-corrected chi connectivity index (χ4v) is 0. The molecule has 0 radical (unpaired) electrons. The second kappa shape index (κ2) is 670. The predicted octanol–water partition coefficient (Wildman–Crippen LogP) is -1.08. The van der Waals surface area contributed by atoms with Gasteiger partial charge in [0.05, 0.1) is 0 Å². The monoisotopic (exact) mass is 96.1 g/mol. The molecular weight excluding hydrogens is 88.0 g/mol. The molecule has 0 spiro atoms. The van der Waals surface area contributed by atoms with Crippen LogP contribution >= 0.6 is 0 Å². The Kier molecular flexibility index (Phi) is 6710. The average Bonchev–Trinajstić information content (AvgIpc) is 0.918. The molecule has 0 aromatic rings. The third kappa shape index (κ3) is 30.4. The van der Waals surface area contributed by atoms with Gasteiger partial charge in [-0.25, -0.2) is 0 Å². The molecule has 0 saturated carbocycles. The highest BCUT2D eigenvalue weighted by Gasteiger charge is 1.13. The van der Waals surface area contributed by atoms with E-state index in [2.05, 4.69) is 0 Å². The number of hydrogen-bond acceptors (Lipinski definition) is 4. The van der Waals surface area contributed by atoms with Gasteiger partial charge in [0.25, 0.3) is 0 Å². The average molecular weight is 96.1 g/mol. The van der Waals surface area contributed by atoms with Gasteiger partial charge in [-0.05, 0) is 0 Å². The van der Waals surface area contributed by atoms with Crippen LogP contribution in [-0.2, 0) is 9.59 Å². The van der Waals surface area contributed by atoms with Crippen LogP contribution in [-0.4, -0.2) is 11.6 Å². The van der Waals surface area contributed by atoms with Gasteiger partial charge in [-0.1, -0.05) is 0 Å². The quantitative estimate of drug-likeness (QED) is 0.396. The lowest BCUT2D eigenvalue weighted by atomic mass is 11.8. The molecule has 0 aliphatic carbocycles. The molecule has 0 aliphatic rings. The highest BCUT2D eigenvalue weighted by atomic mass is 16.2. The second-order valence-corrected chi connectivity index (χ2v) is 0.0833. The van der Waals surface area contributed by atoms with Crippen molar-refractivity contribution in [3.8, 4) is 0 Å². The molecule has 0 saturated heterocycles. The largest absolute Gasteiger partial charge is 0.412 e. The van der Waals surface area contributed by atoms with Crippen molar-refractivity contribution in [2.24, 2.45) is 0 Å². The van der Waals surface area contributed by atoms with E-state index in [0.29, 0.717) is 0 Å². The summed E-state index contributed by atoms with van der Waals surface area (Å²) >= 11 is 0. The van der Waals surface area contributed by atoms with E-state index in [1.54, 1.807) is 0 Å². The van der Waals surface area contributed by atoms with Gasteiger partial charge in [-0.15, -0.1) is 0 Å². The van der Waals surface area contributed by atoms with Crippen molar-refractivity contribution in [1.82, 2.24) is 12.3 Å². The summed E-state index contributed by atoms with van der Waals surface area (Å²) in [5.41, 5.74) is 0. The Hall–Kier alpha value is -0.740. The summed E-state index contributed by atoms with van der Waals surface area (Å²) in [4.78, 5) is 16.2. The van der Waals surface area contributed by atoms with Crippen LogP contribution in [0.25, 0.3) is 0 Å². The molecule has 40 valence electrons. The fourth-order valence-electron chi connectivity index (χ4n) is 0. The summed E-state index contributed by atoms with van der Waals surface area (Å²) in [7, 11) is 0. The molecule has 5 heteroatoms. The number of carbonyl (C=O) groups excluding carboxylic acids is 2. The van der Waals surface area contributed by atoms with Crippen molar-refractivity contribution in [2.45, 2.75) is 0 Å². The molecule has 0 atom stereocenters. The Balaban J connectivity index is -0.00000000667. The first-order valence-electron chi connectivity index (χ1n) is 0.408. The normalized spacial score (nSPS) is 1.33. The van der Waals surface area contributed by atoms with Crippen molar-refractivity contribution in [1.29, 1.82) is 0 Å². The van der Waals surface area contributed by atoms with Crippen LogP contribution in [0.5, 0.6) is 0 Å². The molecule has 8 N–H and O–H groups in total. The molecule has 5 nitrogen and oxygen atoms in total. The van der Waals surface area contributed by atoms with E-state index in [-0.39, 0.29) is 23.9 Å². The minimum atomic E-state index is 0. The lowest BCUT2D eigenvalue weighted by Gasteiger charge is -0.945. The zero-order valence-corrected chi connectivity index (χ0v) is 3.23. The lowest BCUT2D eigenvalue weighted by molar-refractivity contribution is -0.191. The van der Waals surface area contributed by atoms with Gasteiger partial charge in [0.2, 0.25) is 0 Å². The van der Waals surface area contributed by atoms with Crippen molar-refractivity contribution in [2.75, 3.05) is 0 Å². The molecule has 0 rings (SSSR count). The topological polar surface area (TPSA) is 136 Å². The maximum atomic E-state index is 8.12. The first-order valence-corrected chi connectivity index (χ1v) is 0.408. The van der Waals surface area contributed by atoms with Crippen LogP contribution in [0.2, 0.25) is 0 Å². The van der Waals surface area contributed by atoms with E-state index in [1.807, 2.05) is 0 Å². The summed E-state index contributed by atoms with van der Waals surface area (Å²) in [5, 5.41) is 0. The maximum absolute atomic E-state index is 8.12. The summed E-state index contributed by atoms with van der Waals surface area (Å²) < 4.78 is 0. The molecule has 0 fully saturated rings. The van der Waals surface area contributed by atoms with Crippen molar-refractivity contribution in [3.05, 3.63) is 0 Å². The van der Waals surface area contributed by atoms with Crippen LogP contribution < -0.4 is 12.3 Å². The zero-order chi connectivity index (χ0) is 2.71. The first-order chi connectivity index (χ1) is 1.41. The predicted molar refractivity (Wildman–Crippen MR) is 18.7 cm³/mol. The fraction of sp³-hybridized carbons (Fsp3) is 0. The minimum absolute atomic E-state index is 0. The van der Waals surface area contributed by atoms with Gasteiger partial charge in [-0.2, -0.15) is 9.59 Å². The molecule has 0 aliphatic heterocycles. The standard InChI is InChI=1S/CO2.2H3N.H2O/c2-1-3;;;/h;2*1H3;1H2.